The van der Waals surface area contributed by atoms with Crippen molar-refractivity contribution in [1.82, 2.24) is 20.1 Å². The molecule has 2 aromatic carbocycles. The molecule has 0 unspecified atom stereocenters. The Balaban J connectivity index is 1.23. The number of nitrogens with one attached hydrogen (secondary N) is 1. The lowest BCUT2D eigenvalue weighted by molar-refractivity contribution is 0.0342. The standard InChI is InChI=1S/C34H42FN5O3S/c35-27-20-32(33(41)38-29-7-5-28(36)6-8-29)34(37-21-27)43-30-3-1-2-25(19-30)31-9-4-24(22-40-12-16-44-17-13-40)18-26(31)23-39-10-14-42-15-11-39/h1-4,9,18-21,28-29H,5-8,10-17,22-23,36H2,(H,38,41). The first-order valence-corrected chi connectivity index (χ1v) is 16.9. The molecule has 0 spiro atoms. The quantitative estimate of drug-likeness (QED) is 0.344. The minimum absolute atomic E-state index is 0.00315. The van der Waals surface area contributed by atoms with Crippen LogP contribution in [0, 0.1) is 5.82 Å². The Morgan fingerprint density at radius 2 is 1.77 bits per heavy atom. The molecule has 3 aromatic rings. The van der Waals surface area contributed by atoms with E-state index in [1.165, 1.54) is 28.7 Å². The summed E-state index contributed by atoms with van der Waals surface area (Å²) in [5.74, 6) is 2.02. The highest BCUT2D eigenvalue weighted by atomic mass is 32.2. The molecule has 2 aliphatic heterocycles. The van der Waals surface area contributed by atoms with E-state index in [2.05, 4.69) is 44.4 Å². The van der Waals surface area contributed by atoms with Gasteiger partial charge < -0.3 is 20.5 Å². The van der Waals surface area contributed by atoms with Crippen molar-refractivity contribution in [3.8, 4) is 22.8 Å². The Morgan fingerprint density at radius 3 is 2.57 bits per heavy atom. The van der Waals surface area contributed by atoms with Gasteiger partial charge in [-0.1, -0.05) is 30.3 Å². The van der Waals surface area contributed by atoms with E-state index in [0.717, 1.165) is 95.5 Å². The molecule has 44 heavy (non-hydrogen) atoms. The van der Waals surface area contributed by atoms with E-state index in [9.17, 15) is 9.18 Å². The second kappa shape index (κ2) is 14.8. The van der Waals surface area contributed by atoms with Crippen LogP contribution in [0.4, 0.5) is 4.39 Å². The number of halogens is 1. The van der Waals surface area contributed by atoms with Crippen molar-refractivity contribution in [2.45, 2.75) is 50.9 Å². The number of benzene rings is 2. The first-order chi connectivity index (χ1) is 21.5. The van der Waals surface area contributed by atoms with Crippen molar-refractivity contribution < 1.29 is 18.7 Å². The molecule has 0 bridgehead atoms. The van der Waals surface area contributed by atoms with Crippen molar-refractivity contribution in [2.24, 2.45) is 5.73 Å². The van der Waals surface area contributed by atoms with Crippen LogP contribution in [0.5, 0.6) is 11.6 Å². The zero-order valence-corrected chi connectivity index (χ0v) is 26.0. The first-order valence-electron chi connectivity index (χ1n) is 15.7. The lowest BCUT2D eigenvalue weighted by atomic mass is 9.91. The van der Waals surface area contributed by atoms with Gasteiger partial charge in [0.25, 0.3) is 5.91 Å². The third kappa shape index (κ3) is 8.17. The van der Waals surface area contributed by atoms with Gasteiger partial charge in [-0.15, -0.1) is 0 Å². The minimum atomic E-state index is -0.585. The van der Waals surface area contributed by atoms with E-state index >= 15 is 0 Å². The van der Waals surface area contributed by atoms with E-state index in [0.29, 0.717) is 5.75 Å². The molecule has 2 saturated heterocycles. The number of nitrogens with zero attached hydrogens (tertiary/aromatic N) is 3. The number of aromatic nitrogens is 1. The molecule has 3 N–H and O–H groups in total. The zero-order chi connectivity index (χ0) is 30.3. The Labute approximate surface area is 263 Å². The number of carbonyl (C=O) groups excluding carboxylic acids is 1. The lowest BCUT2D eigenvalue weighted by Gasteiger charge is -2.29. The van der Waals surface area contributed by atoms with Crippen LogP contribution >= 0.6 is 11.8 Å². The second-order valence-corrected chi connectivity index (χ2v) is 13.2. The Hall–Kier alpha value is -3.02. The Kier molecular flexibility index (Phi) is 10.4. The molecule has 1 saturated carbocycles. The molecule has 3 aliphatic rings. The molecular weight excluding hydrogens is 577 g/mol. The molecule has 8 nitrogen and oxygen atoms in total. The maximum Gasteiger partial charge on any atom is 0.257 e. The van der Waals surface area contributed by atoms with Gasteiger partial charge >= 0.3 is 0 Å². The molecule has 1 amide bonds. The minimum Gasteiger partial charge on any atom is -0.438 e. The van der Waals surface area contributed by atoms with Gasteiger partial charge in [-0.25, -0.2) is 9.37 Å². The highest BCUT2D eigenvalue weighted by Gasteiger charge is 2.24. The molecular formula is C34H42FN5O3S. The van der Waals surface area contributed by atoms with Crippen molar-refractivity contribution in [1.29, 1.82) is 0 Å². The number of thioether (sulfide) groups is 1. The van der Waals surface area contributed by atoms with Crippen LogP contribution in [0.2, 0.25) is 0 Å². The predicted octanol–water partition coefficient (Wildman–Crippen LogP) is 5.06. The number of amides is 1. The largest absolute Gasteiger partial charge is 0.438 e. The number of hydrogen-bond donors (Lipinski definition) is 2. The fourth-order valence-electron chi connectivity index (χ4n) is 6.21. The number of carbonyl (C=O) groups is 1. The molecule has 1 aromatic heterocycles. The molecule has 234 valence electrons. The normalized spacial score (nSPS) is 21.6. The summed E-state index contributed by atoms with van der Waals surface area (Å²) in [6.07, 6.45) is 4.39. The average Bonchev–Trinajstić information content (AvgIpc) is 3.04. The molecule has 6 rings (SSSR count). The van der Waals surface area contributed by atoms with Crippen LogP contribution < -0.4 is 15.8 Å². The summed E-state index contributed by atoms with van der Waals surface area (Å²) in [7, 11) is 0. The van der Waals surface area contributed by atoms with Crippen molar-refractivity contribution in [2.75, 3.05) is 50.9 Å². The van der Waals surface area contributed by atoms with Crippen LogP contribution in [0.1, 0.15) is 47.2 Å². The maximum absolute atomic E-state index is 14.2. The summed E-state index contributed by atoms with van der Waals surface area (Å²) in [5, 5.41) is 3.03. The van der Waals surface area contributed by atoms with Crippen molar-refractivity contribution >= 4 is 17.7 Å². The van der Waals surface area contributed by atoms with Crippen LogP contribution in [0.25, 0.3) is 11.1 Å². The van der Waals surface area contributed by atoms with Gasteiger partial charge in [-0.05, 0) is 66.1 Å². The monoisotopic (exact) mass is 619 g/mol. The third-order valence-electron chi connectivity index (χ3n) is 8.71. The summed E-state index contributed by atoms with van der Waals surface area (Å²) in [4.78, 5) is 22.3. The van der Waals surface area contributed by atoms with E-state index in [1.807, 2.05) is 30.0 Å². The third-order valence-corrected chi connectivity index (χ3v) is 9.65. The van der Waals surface area contributed by atoms with Gasteiger partial charge in [0.15, 0.2) is 0 Å². The predicted molar refractivity (Wildman–Crippen MR) is 173 cm³/mol. The summed E-state index contributed by atoms with van der Waals surface area (Å²) >= 11 is 2.03. The molecule has 0 atom stereocenters. The molecule has 0 radical (unpaired) electrons. The highest BCUT2D eigenvalue weighted by Crippen LogP contribution is 2.32. The van der Waals surface area contributed by atoms with Gasteiger partial charge in [-0.3, -0.25) is 14.6 Å². The van der Waals surface area contributed by atoms with Gasteiger partial charge in [0.05, 0.1) is 19.4 Å². The zero-order valence-electron chi connectivity index (χ0n) is 25.2. The fraction of sp³-hybridized carbons (Fsp3) is 0.471. The van der Waals surface area contributed by atoms with E-state index in [4.69, 9.17) is 15.2 Å². The smallest absolute Gasteiger partial charge is 0.257 e. The summed E-state index contributed by atoms with van der Waals surface area (Å²) in [6.45, 7) is 7.35. The molecule has 10 heteroatoms. The van der Waals surface area contributed by atoms with Crippen LogP contribution in [-0.2, 0) is 17.8 Å². The van der Waals surface area contributed by atoms with E-state index in [-0.39, 0.29) is 29.4 Å². The van der Waals surface area contributed by atoms with Gasteiger partial charge in [0, 0.05) is 62.9 Å². The maximum atomic E-state index is 14.2. The topological polar surface area (TPSA) is 92.9 Å². The number of nitrogens with two attached hydrogens (primary N) is 1. The summed E-state index contributed by atoms with van der Waals surface area (Å²) in [5.41, 5.74) is 10.8. The van der Waals surface area contributed by atoms with Crippen molar-refractivity contribution in [3.05, 3.63) is 77.2 Å². The first kappa shape index (κ1) is 31.0. The molecule has 1 aliphatic carbocycles. The average molecular weight is 620 g/mol. The number of ether oxygens (including phenoxy) is 2. The van der Waals surface area contributed by atoms with Crippen LogP contribution in [-0.4, -0.2) is 83.7 Å². The van der Waals surface area contributed by atoms with E-state index < -0.39 is 5.82 Å². The number of morpholine rings is 1. The van der Waals surface area contributed by atoms with Gasteiger partial charge in [0.1, 0.15) is 17.1 Å². The summed E-state index contributed by atoms with van der Waals surface area (Å²) < 4.78 is 26.0. The SMILES string of the molecule is NC1CCC(NC(=O)c2cc(F)cnc2Oc2cccc(-c3ccc(CN4CCSCC4)cc3CN3CCOCC3)c2)CC1. The second-order valence-electron chi connectivity index (χ2n) is 12.0. The van der Waals surface area contributed by atoms with E-state index in [1.54, 1.807) is 0 Å². The fourth-order valence-corrected chi connectivity index (χ4v) is 7.19. The van der Waals surface area contributed by atoms with Crippen LogP contribution in [0.3, 0.4) is 0 Å². The highest BCUT2D eigenvalue weighted by molar-refractivity contribution is 7.99. The van der Waals surface area contributed by atoms with Crippen LogP contribution in [0.15, 0.2) is 54.7 Å². The molecule has 3 heterocycles. The molecule has 3 fully saturated rings. The number of hydrogen-bond acceptors (Lipinski definition) is 8. The Morgan fingerprint density at radius 1 is 1.00 bits per heavy atom. The van der Waals surface area contributed by atoms with Gasteiger partial charge in [-0.2, -0.15) is 11.8 Å². The lowest BCUT2D eigenvalue weighted by Crippen LogP contribution is -2.40. The van der Waals surface area contributed by atoms with Gasteiger partial charge in [0.2, 0.25) is 5.88 Å². The Bertz CT molecular complexity index is 1420. The summed E-state index contributed by atoms with van der Waals surface area (Å²) in [6, 6.07) is 16.0. The number of rotatable bonds is 9. The van der Waals surface area contributed by atoms with Crippen molar-refractivity contribution in [3.63, 3.8) is 0 Å². The number of pyridine rings is 1.